The van der Waals surface area contributed by atoms with Crippen LogP contribution >= 0.6 is 0 Å². The molecule has 2 rings (SSSR count). The van der Waals surface area contributed by atoms with Crippen molar-refractivity contribution in [1.29, 1.82) is 0 Å². The minimum atomic E-state index is -1.79. The molecule has 1 amide bonds. The van der Waals surface area contributed by atoms with Crippen molar-refractivity contribution in [3.63, 3.8) is 0 Å². The lowest BCUT2D eigenvalue weighted by Gasteiger charge is -2.46. The zero-order chi connectivity index (χ0) is 75.1. The highest BCUT2D eigenvalue weighted by atomic mass is 16.7. The summed E-state index contributed by atoms with van der Waals surface area (Å²) in [6, 6.07) is -0.918. The molecule has 0 aliphatic carbocycles. The number of nitrogens with one attached hydrogen (secondary N) is 1. The summed E-state index contributed by atoms with van der Waals surface area (Å²) in [5, 5.41) is 87.9. The number of carbonyl (C=O) groups is 1. The van der Waals surface area contributed by atoms with Gasteiger partial charge in [-0.1, -0.05) is 401 Å². The molecule has 9 N–H and O–H groups in total. The molecule has 608 valence electrons. The third-order valence-electron chi connectivity index (χ3n) is 21.4. The molecule has 2 saturated heterocycles. The molecule has 0 bridgehead atoms. The predicted molar refractivity (Wildman–Crippen MR) is 433 cm³/mol. The molecular formula is C90H165NO13. The maximum Gasteiger partial charge on any atom is 0.220 e. The van der Waals surface area contributed by atoms with E-state index in [1.807, 2.05) is 6.08 Å². The van der Waals surface area contributed by atoms with Crippen LogP contribution in [0.15, 0.2) is 72.9 Å². The zero-order valence-corrected chi connectivity index (χ0v) is 67.0. The second-order valence-corrected chi connectivity index (χ2v) is 31.0. The van der Waals surface area contributed by atoms with Gasteiger partial charge in [0.1, 0.15) is 48.8 Å². The summed E-state index contributed by atoms with van der Waals surface area (Å²) in [5.74, 6) is -0.232. The lowest BCUT2D eigenvalue weighted by Crippen LogP contribution is -2.65. The molecule has 0 aromatic heterocycles. The van der Waals surface area contributed by atoms with Crippen LogP contribution in [-0.2, 0) is 23.7 Å². The quantitative estimate of drug-likeness (QED) is 0.0204. The molecular weight excluding hydrogens is 1300 g/mol. The second kappa shape index (κ2) is 73.2. The SMILES string of the molecule is CC/C=C\C/C=C\C/C=C\C/C=C\C/C=C\CCCCCCCCCCCCCCCCCCCCCCCC(=O)NC(COC1OC(CO)C(OC2OC(CO)C(O)C(O)C2O)C(O)C1O)C(O)/C=C/CCCCCCCCCCCCCCCCCCCCCCCCCCCCCCCCC. The topological polar surface area (TPSA) is 228 Å². The lowest BCUT2D eigenvalue weighted by molar-refractivity contribution is -0.359. The van der Waals surface area contributed by atoms with Gasteiger partial charge in [-0.3, -0.25) is 4.79 Å². The van der Waals surface area contributed by atoms with E-state index in [4.69, 9.17) is 18.9 Å². The third-order valence-corrected chi connectivity index (χ3v) is 21.4. The molecule has 12 atom stereocenters. The van der Waals surface area contributed by atoms with Gasteiger partial charge in [-0.25, -0.2) is 0 Å². The average molecular weight is 1470 g/mol. The van der Waals surface area contributed by atoms with Gasteiger partial charge in [0.25, 0.3) is 0 Å². The van der Waals surface area contributed by atoms with Crippen LogP contribution in [0.2, 0.25) is 0 Å². The molecule has 2 fully saturated rings. The zero-order valence-electron chi connectivity index (χ0n) is 67.0. The van der Waals surface area contributed by atoms with Crippen LogP contribution < -0.4 is 5.32 Å². The van der Waals surface area contributed by atoms with E-state index in [-0.39, 0.29) is 18.9 Å². The van der Waals surface area contributed by atoms with E-state index in [2.05, 4.69) is 79.9 Å². The summed E-state index contributed by atoms with van der Waals surface area (Å²) in [7, 11) is 0. The lowest BCUT2D eigenvalue weighted by atomic mass is 9.97. The average Bonchev–Trinajstić information content (AvgIpc) is 0.790. The molecule has 104 heavy (non-hydrogen) atoms. The normalized spacial score (nSPS) is 21.8. The van der Waals surface area contributed by atoms with Gasteiger partial charge < -0.3 is 65.1 Å². The number of unbranched alkanes of at least 4 members (excludes halogenated alkanes) is 52. The van der Waals surface area contributed by atoms with Crippen molar-refractivity contribution in [1.82, 2.24) is 5.32 Å². The number of aliphatic hydroxyl groups is 8. The highest BCUT2D eigenvalue weighted by Gasteiger charge is 2.51. The molecule has 0 aromatic rings. The maximum absolute atomic E-state index is 13.4. The van der Waals surface area contributed by atoms with Crippen LogP contribution in [0.5, 0.6) is 0 Å². The minimum Gasteiger partial charge on any atom is -0.394 e. The van der Waals surface area contributed by atoms with Gasteiger partial charge in [0.2, 0.25) is 5.91 Å². The summed E-state index contributed by atoms with van der Waals surface area (Å²) in [6.07, 6.45) is 85.8. The first kappa shape index (κ1) is 97.5. The fraction of sp³-hybridized carbons (Fsp3) is 0.856. The van der Waals surface area contributed by atoms with Gasteiger partial charge in [-0.2, -0.15) is 0 Å². The van der Waals surface area contributed by atoms with Gasteiger partial charge in [0.05, 0.1) is 32.0 Å². The number of amides is 1. The molecule has 0 aromatic carbocycles. The number of allylic oxidation sites excluding steroid dienone is 11. The molecule has 14 nitrogen and oxygen atoms in total. The van der Waals surface area contributed by atoms with E-state index >= 15 is 0 Å². The van der Waals surface area contributed by atoms with Crippen molar-refractivity contribution >= 4 is 5.91 Å². The molecule has 2 aliphatic rings. The number of hydrogen-bond donors (Lipinski definition) is 9. The van der Waals surface area contributed by atoms with Crippen LogP contribution in [0, 0.1) is 0 Å². The Morgan fingerprint density at radius 2 is 0.663 bits per heavy atom. The van der Waals surface area contributed by atoms with Crippen molar-refractivity contribution in [2.45, 2.75) is 473 Å². The molecule has 2 aliphatic heterocycles. The molecule has 12 unspecified atom stereocenters. The van der Waals surface area contributed by atoms with Crippen LogP contribution in [0.4, 0.5) is 0 Å². The first-order valence-electron chi connectivity index (χ1n) is 44.2. The summed E-state index contributed by atoms with van der Waals surface area (Å²) in [6.45, 7) is 2.75. The van der Waals surface area contributed by atoms with Gasteiger partial charge in [0.15, 0.2) is 12.6 Å². The highest BCUT2D eigenvalue weighted by Crippen LogP contribution is 2.31. The Kier molecular flexibility index (Phi) is 68.7. The number of aliphatic hydroxyl groups excluding tert-OH is 8. The van der Waals surface area contributed by atoms with Gasteiger partial charge in [-0.05, 0) is 64.2 Å². The van der Waals surface area contributed by atoms with E-state index in [0.29, 0.717) is 6.42 Å². The Labute approximate surface area is 638 Å². The van der Waals surface area contributed by atoms with Gasteiger partial charge in [0, 0.05) is 6.42 Å². The predicted octanol–water partition coefficient (Wildman–Crippen LogP) is 21.3. The number of rotatable bonds is 75. The van der Waals surface area contributed by atoms with E-state index in [9.17, 15) is 45.6 Å². The van der Waals surface area contributed by atoms with Crippen LogP contribution in [0.3, 0.4) is 0 Å². The molecule has 0 radical (unpaired) electrons. The fourth-order valence-electron chi connectivity index (χ4n) is 14.5. The van der Waals surface area contributed by atoms with Crippen molar-refractivity contribution < 1.29 is 64.6 Å². The Balaban J connectivity index is 1.57. The van der Waals surface area contributed by atoms with E-state index in [1.54, 1.807) is 6.08 Å². The number of ether oxygens (including phenoxy) is 4. The molecule has 2 heterocycles. The largest absolute Gasteiger partial charge is 0.394 e. The fourth-order valence-corrected chi connectivity index (χ4v) is 14.5. The Morgan fingerprint density at radius 3 is 1.02 bits per heavy atom. The van der Waals surface area contributed by atoms with Crippen molar-refractivity contribution in [3.8, 4) is 0 Å². The van der Waals surface area contributed by atoms with Crippen LogP contribution in [0.1, 0.15) is 399 Å². The minimum absolute atomic E-state index is 0.232. The van der Waals surface area contributed by atoms with Gasteiger partial charge >= 0.3 is 0 Å². The van der Waals surface area contributed by atoms with Crippen molar-refractivity contribution in [3.05, 3.63) is 72.9 Å². The molecule has 0 spiro atoms. The van der Waals surface area contributed by atoms with Crippen LogP contribution in [0.25, 0.3) is 0 Å². The van der Waals surface area contributed by atoms with E-state index in [0.717, 1.165) is 70.6 Å². The summed E-state index contributed by atoms with van der Waals surface area (Å²) < 4.78 is 23.0. The van der Waals surface area contributed by atoms with E-state index in [1.165, 1.54) is 302 Å². The Hall–Kier alpha value is -2.57. The smallest absolute Gasteiger partial charge is 0.220 e. The van der Waals surface area contributed by atoms with E-state index < -0.39 is 86.8 Å². The number of carbonyl (C=O) groups excluding carboxylic acids is 1. The van der Waals surface area contributed by atoms with Crippen LogP contribution in [-0.4, -0.2) is 140 Å². The first-order valence-corrected chi connectivity index (χ1v) is 44.2. The highest BCUT2D eigenvalue weighted by molar-refractivity contribution is 5.76. The maximum atomic E-state index is 13.4. The van der Waals surface area contributed by atoms with Gasteiger partial charge in [-0.15, -0.1) is 0 Å². The third kappa shape index (κ3) is 54.9. The van der Waals surface area contributed by atoms with Crippen molar-refractivity contribution in [2.75, 3.05) is 19.8 Å². The summed E-state index contributed by atoms with van der Waals surface area (Å²) >= 11 is 0. The summed E-state index contributed by atoms with van der Waals surface area (Å²) in [4.78, 5) is 13.4. The number of hydrogen-bond acceptors (Lipinski definition) is 13. The second-order valence-electron chi connectivity index (χ2n) is 31.0. The first-order chi connectivity index (χ1) is 51.1. The Bertz CT molecular complexity index is 2030. The van der Waals surface area contributed by atoms with Crippen molar-refractivity contribution in [2.24, 2.45) is 0 Å². The monoisotopic (exact) mass is 1470 g/mol. The Morgan fingerprint density at radius 1 is 0.356 bits per heavy atom. The summed E-state index contributed by atoms with van der Waals surface area (Å²) in [5.41, 5.74) is 0. The standard InChI is InChI=1S/C90H165NO13/c1-3-5-7-9-11-13-15-17-19-21-23-25-27-29-31-33-35-37-38-39-40-42-44-46-48-50-52-54-56-58-60-62-64-66-68-70-72-74-82(95)91-78(77-101-89-87(100)85(98)88(81(76-93)103-89)104-90-86(99)84(97)83(96)80(75-92)102-90)79(94)73-71-69-67-65-63-61-59-57-55-53-51-49-47-45-43-41-36-34-32-30-28-26-24-22-20-18-16-14-12-10-8-6-4-2/h5,7,11,13,17,19,23,25,29,31,71,73,78-81,83-90,92-94,96-100H,3-4,6,8-10,12,14-16,18,20-22,24,26-28,30,32-70,72,74-77H2,1-2H3,(H,91,95)/b7-5-,13-11-,19-17-,25-23-,31-29-,73-71+. The molecule has 0 saturated carbocycles. The molecule has 14 heteroatoms.